The van der Waals surface area contributed by atoms with Crippen molar-refractivity contribution in [3.05, 3.63) is 35.9 Å². The number of rotatable bonds is 2. The van der Waals surface area contributed by atoms with Gasteiger partial charge in [0.2, 0.25) is 0 Å². The van der Waals surface area contributed by atoms with Crippen molar-refractivity contribution in [1.29, 1.82) is 0 Å². The molecule has 12 heavy (non-hydrogen) atoms. The molecule has 1 unspecified atom stereocenters. The van der Waals surface area contributed by atoms with E-state index in [0.717, 1.165) is 0 Å². The molecule has 0 aliphatic heterocycles. The molecule has 0 saturated carbocycles. The molecule has 1 radical (unpaired) electrons. The Kier molecular flexibility index (Phi) is 3.01. The van der Waals surface area contributed by atoms with Gasteiger partial charge in [-0.05, 0) is 12.2 Å². The Morgan fingerprint density at radius 2 is 2.00 bits per heavy atom. The van der Waals surface area contributed by atoms with Gasteiger partial charge in [0.15, 0.2) is 0 Å². The molecule has 0 amide bonds. The summed E-state index contributed by atoms with van der Waals surface area (Å²) in [4.78, 5) is 0. The fourth-order valence-electron chi connectivity index (χ4n) is 0.784. The molecule has 2 N–H and O–H groups in total. The molecule has 63 valence electrons. The van der Waals surface area contributed by atoms with Crippen LogP contribution in [0.3, 0.4) is 0 Å². The van der Waals surface area contributed by atoms with Gasteiger partial charge in [0.05, 0.1) is 0 Å². The van der Waals surface area contributed by atoms with Gasteiger partial charge in [-0.2, -0.15) is 5.11 Å². The summed E-state index contributed by atoms with van der Waals surface area (Å²) < 4.78 is 4.59. The summed E-state index contributed by atoms with van der Waals surface area (Å²) in [6.45, 7) is 0. The van der Waals surface area contributed by atoms with Gasteiger partial charge in [-0.15, -0.1) is 0 Å². The Hall–Kier alpha value is -1.13. The average Bonchev–Trinajstić information content (AvgIpc) is 2.05. The van der Waals surface area contributed by atoms with E-state index in [1.807, 2.05) is 6.07 Å². The monoisotopic (exact) mass is 182 g/mol. The Labute approximate surface area is 75.8 Å². The molecule has 0 saturated heterocycles. The highest BCUT2D eigenvalue weighted by molar-refractivity contribution is 7.80. The van der Waals surface area contributed by atoms with Crippen molar-refractivity contribution in [1.82, 2.24) is 0 Å². The van der Waals surface area contributed by atoms with E-state index in [-0.39, 0.29) is 5.17 Å². The van der Waals surface area contributed by atoms with E-state index in [1.54, 1.807) is 24.3 Å². The second-order valence-electron chi connectivity index (χ2n) is 2.18. The van der Waals surface area contributed by atoms with Crippen LogP contribution in [0.5, 0.6) is 0 Å². The van der Waals surface area contributed by atoms with Crippen molar-refractivity contribution in [2.24, 2.45) is 5.73 Å². The lowest BCUT2D eigenvalue weighted by molar-refractivity contribution is -0.0823. The van der Waals surface area contributed by atoms with E-state index in [0.29, 0.717) is 5.56 Å². The predicted octanol–water partition coefficient (Wildman–Crippen LogP) is 1.38. The lowest BCUT2D eigenvalue weighted by atomic mass is 10.2. The van der Waals surface area contributed by atoms with Gasteiger partial charge in [0.1, 0.15) is 0 Å². The third-order valence-electron chi connectivity index (χ3n) is 1.29. The first-order valence-electron chi connectivity index (χ1n) is 3.37. The molecular weight excluding hydrogens is 174 g/mol. The van der Waals surface area contributed by atoms with Crippen LogP contribution in [0, 0.1) is 0 Å². The van der Waals surface area contributed by atoms with E-state index in [2.05, 4.69) is 17.0 Å². The molecule has 1 atom stereocenters. The van der Waals surface area contributed by atoms with Crippen LogP contribution in [0.15, 0.2) is 30.3 Å². The second-order valence-corrected chi connectivity index (χ2v) is 2.58. The lowest BCUT2D eigenvalue weighted by Crippen LogP contribution is -2.15. The average molecular weight is 182 g/mol. The number of hydrogen-bond donors (Lipinski definition) is 1. The third-order valence-corrected chi connectivity index (χ3v) is 1.39. The molecule has 0 aliphatic carbocycles. The van der Waals surface area contributed by atoms with Crippen LogP contribution in [-0.2, 0) is 9.84 Å². The second kappa shape index (κ2) is 4.04. The van der Waals surface area contributed by atoms with Gasteiger partial charge in [-0.1, -0.05) is 30.3 Å². The van der Waals surface area contributed by atoms with Crippen LogP contribution in [0.2, 0.25) is 0 Å². The van der Waals surface area contributed by atoms with Crippen LogP contribution in [-0.4, -0.2) is 5.17 Å². The maximum Gasteiger partial charge on any atom is 0.259 e. The number of hydrogen-bond acceptors (Lipinski definition) is 2. The molecule has 1 aromatic rings. The number of benzene rings is 1. The zero-order chi connectivity index (χ0) is 8.97. The van der Waals surface area contributed by atoms with E-state index in [4.69, 9.17) is 5.73 Å². The number of thiocarbonyl (C=S) groups is 1. The van der Waals surface area contributed by atoms with Crippen LogP contribution >= 0.6 is 12.2 Å². The molecule has 0 spiro atoms. The van der Waals surface area contributed by atoms with Crippen molar-refractivity contribution >= 4 is 17.4 Å². The fourth-order valence-corrected chi connectivity index (χ4v) is 0.871. The highest BCUT2D eigenvalue weighted by Gasteiger charge is 2.09. The molecule has 0 bridgehead atoms. The Balaban J connectivity index is 2.65. The molecule has 3 nitrogen and oxygen atoms in total. The van der Waals surface area contributed by atoms with Gasteiger partial charge < -0.3 is 10.5 Å². The minimum absolute atomic E-state index is 0.223. The summed E-state index contributed by atoms with van der Waals surface area (Å²) in [7, 11) is 0. The first-order chi connectivity index (χ1) is 5.70. The number of nitrogens with two attached hydrogens (primary N) is 1. The molecule has 4 heteroatoms. The zero-order valence-electron chi connectivity index (χ0n) is 6.27. The van der Waals surface area contributed by atoms with Crippen molar-refractivity contribution < 1.29 is 9.84 Å². The Morgan fingerprint density at radius 1 is 1.42 bits per heavy atom. The lowest BCUT2D eigenvalue weighted by Gasteiger charge is -2.08. The molecule has 1 aromatic carbocycles. The van der Waals surface area contributed by atoms with E-state index in [1.165, 1.54) is 0 Å². The normalized spacial score (nSPS) is 12.1. The van der Waals surface area contributed by atoms with E-state index >= 15 is 0 Å². The van der Waals surface area contributed by atoms with Crippen LogP contribution in [0.1, 0.15) is 11.9 Å². The smallest absolute Gasteiger partial charge is 0.259 e. The molecular formula is C8H8NO2S. The minimum Gasteiger partial charge on any atom is -0.434 e. The van der Waals surface area contributed by atoms with Crippen molar-refractivity contribution in [2.45, 2.75) is 6.29 Å². The Bertz CT molecular complexity index is 263. The summed E-state index contributed by atoms with van der Waals surface area (Å²) in [5, 5.41) is 10.9. The SMILES string of the molecule is NC(=S)OC([O])c1ccccc1. The van der Waals surface area contributed by atoms with Crippen LogP contribution < -0.4 is 5.73 Å². The summed E-state index contributed by atoms with van der Waals surface area (Å²) in [6.07, 6.45) is -1.32. The quantitative estimate of drug-likeness (QED) is 0.555. The molecule has 0 fully saturated rings. The largest absolute Gasteiger partial charge is 0.434 e. The summed E-state index contributed by atoms with van der Waals surface area (Å²) in [6, 6.07) is 8.65. The van der Waals surface area contributed by atoms with Gasteiger partial charge in [0, 0.05) is 5.56 Å². The highest BCUT2D eigenvalue weighted by Crippen LogP contribution is 2.13. The van der Waals surface area contributed by atoms with Crippen molar-refractivity contribution in [3.63, 3.8) is 0 Å². The summed E-state index contributed by atoms with van der Waals surface area (Å²) in [5.74, 6) is 0. The standard InChI is InChI=1S/C8H8NO2S/c9-8(12)11-7(10)6-4-2-1-3-5-6/h1-5,7H,(H2,9,12). The first kappa shape index (κ1) is 8.96. The zero-order valence-corrected chi connectivity index (χ0v) is 7.08. The maximum atomic E-state index is 11.1. The van der Waals surface area contributed by atoms with E-state index < -0.39 is 6.29 Å². The molecule has 0 heterocycles. The summed E-state index contributed by atoms with van der Waals surface area (Å²) in [5.41, 5.74) is 5.56. The fraction of sp³-hybridized carbons (Fsp3) is 0.125. The molecule has 0 aromatic heterocycles. The van der Waals surface area contributed by atoms with Crippen molar-refractivity contribution in [3.8, 4) is 0 Å². The summed E-state index contributed by atoms with van der Waals surface area (Å²) >= 11 is 4.43. The highest BCUT2D eigenvalue weighted by atomic mass is 32.1. The number of ether oxygens (including phenoxy) is 1. The van der Waals surface area contributed by atoms with Gasteiger partial charge in [-0.25, -0.2) is 0 Å². The van der Waals surface area contributed by atoms with E-state index in [9.17, 15) is 5.11 Å². The molecule has 0 aliphatic rings. The van der Waals surface area contributed by atoms with Crippen LogP contribution in [0.4, 0.5) is 0 Å². The third kappa shape index (κ3) is 2.48. The predicted molar refractivity (Wildman–Crippen MR) is 47.7 cm³/mol. The van der Waals surface area contributed by atoms with Gasteiger partial charge >= 0.3 is 0 Å². The van der Waals surface area contributed by atoms with Gasteiger partial charge in [0.25, 0.3) is 11.5 Å². The minimum atomic E-state index is -1.32. The van der Waals surface area contributed by atoms with Gasteiger partial charge in [-0.3, -0.25) is 0 Å². The Morgan fingerprint density at radius 3 is 2.50 bits per heavy atom. The maximum absolute atomic E-state index is 11.1. The van der Waals surface area contributed by atoms with Crippen molar-refractivity contribution in [2.75, 3.05) is 0 Å². The first-order valence-corrected chi connectivity index (χ1v) is 3.78. The topological polar surface area (TPSA) is 55.1 Å². The molecule has 1 rings (SSSR count). The van der Waals surface area contributed by atoms with Crippen LogP contribution in [0.25, 0.3) is 0 Å².